The third-order valence-corrected chi connectivity index (χ3v) is 2.39. The van der Waals surface area contributed by atoms with Crippen LogP contribution in [0.5, 0.6) is 5.75 Å². The number of esters is 1. The second-order valence-corrected chi connectivity index (χ2v) is 3.64. The quantitative estimate of drug-likeness (QED) is 0.847. The van der Waals surface area contributed by atoms with E-state index in [1.165, 1.54) is 19.2 Å². The zero-order valence-corrected chi connectivity index (χ0v) is 10.0. The maximum absolute atomic E-state index is 11.5. The Morgan fingerprint density at radius 1 is 1.38 bits per heavy atom. The van der Waals surface area contributed by atoms with E-state index in [1.54, 1.807) is 0 Å². The lowest BCUT2D eigenvalue weighted by atomic mass is 10.2. The summed E-state index contributed by atoms with van der Waals surface area (Å²) in [5.74, 6) is -0.256. The number of ether oxygens (including phenoxy) is 2. The van der Waals surface area contributed by atoms with Crippen LogP contribution in [0.25, 0.3) is 0 Å². The van der Waals surface area contributed by atoms with Crippen LogP contribution in [0.3, 0.4) is 0 Å². The Morgan fingerprint density at radius 2 is 2.06 bits per heavy atom. The molecule has 0 aliphatic heterocycles. The highest BCUT2D eigenvalue weighted by molar-refractivity contribution is 6.36. The molecule has 0 heterocycles. The van der Waals surface area contributed by atoms with Crippen LogP contribution >= 0.6 is 23.2 Å². The van der Waals surface area contributed by atoms with E-state index in [9.17, 15) is 4.79 Å². The Hall–Kier alpha value is -0.970. The van der Waals surface area contributed by atoms with Gasteiger partial charge in [-0.15, -0.1) is 0 Å². The number of benzene rings is 1. The summed E-state index contributed by atoms with van der Waals surface area (Å²) in [6.07, 6.45) is 0. The minimum atomic E-state index is -0.636. The number of carbonyl (C=O) groups excluding carboxylic acids is 1. The lowest BCUT2D eigenvalue weighted by Crippen LogP contribution is -2.09. The Morgan fingerprint density at radius 3 is 2.62 bits per heavy atom. The van der Waals surface area contributed by atoms with Crippen LogP contribution in [0.2, 0.25) is 10.0 Å². The Kier molecular flexibility index (Phi) is 4.86. The molecule has 6 heteroatoms. The molecule has 0 saturated heterocycles. The molecule has 0 aromatic heterocycles. The van der Waals surface area contributed by atoms with Crippen molar-refractivity contribution in [1.82, 2.24) is 0 Å². The standard InChI is InChI=1S/C10H10Cl2O4/c1-15-9-5-7(11)6(4-8(9)12)10(14)16-3-2-13/h4-5,13H,2-3H2,1H3. The van der Waals surface area contributed by atoms with Crippen molar-refractivity contribution >= 4 is 29.2 Å². The minimum absolute atomic E-state index is 0.0845. The predicted octanol–water partition coefficient (Wildman–Crippen LogP) is 2.15. The van der Waals surface area contributed by atoms with Crippen molar-refractivity contribution in [3.8, 4) is 5.75 Å². The molecular formula is C10H10Cl2O4. The molecule has 0 aliphatic rings. The van der Waals surface area contributed by atoms with E-state index in [0.717, 1.165) is 0 Å². The topological polar surface area (TPSA) is 55.8 Å². The van der Waals surface area contributed by atoms with Crippen molar-refractivity contribution in [2.24, 2.45) is 0 Å². The van der Waals surface area contributed by atoms with Gasteiger partial charge in [-0.2, -0.15) is 0 Å². The highest BCUT2D eigenvalue weighted by Crippen LogP contribution is 2.31. The number of aliphatic hydroxyl groups excluding tert-OH is 1. The molecule has 0 spiro atoms. The smallest absolute Gasteiger partial charge is 0.339 e. The molecular weight excluding hydrogens is 255 g/mol. The lowest BCUT2D eigenvalue weighted by molar-refractivity contribution is 0.0434. The average Bonchev–Trinajstić information content (AvgIpc) is 2.28. The van der Waals surface area contributed by atoms with Crippen molar-refractivity contribution in [3.63, 3.8) is 0 Å². The molecule has 1 rings (SSSR count). The zero-order chi connectivity index (χ0) is 12.1. The summed E-state index contributed by atoms with van der Waals surface area (Å²) in [6.45, 7) is -0.327. The van der Waals surface area contributed by atoms with Crippen LogP contribution in [0, 0.1) is 0 Å². The molecule has 16 heavy (non-hydrogen) atoms. The van der Waals surface area contributed by atoms with Crippen LogP contribution < -0.4 is 4.74 Å². The first-order valence-corrected chi connectivity index (χ1v) is 5.16. The maximum Gasteiger partial charge on any atom is 0.339 e. The van der Waals surface area contributed by atoms with Gasteiger partial charge in [-0.25, -0.2) is 4.79 Å². The second-order valence-electron chi connectivity index (χ2n) is 2.83. The molecule has 0 amide bonds. The molecule has 0 aliphatic carbocycles. The minimum Gasteiger partial charge on any atom is -0.495 e. The molecule has 0 unspecified atom stereocenters. The Balaban J connectivity index is 2.97. The fraction of sp³-hybridized carbons (Fsp3) is 0.300. The summed E-state index contributed by atoms with van der Waals surface area (Å²) in [5.41, 5.74) is 0.140. The van der Waals surface area contributed by atoms with Crippen LogP contribution in [0.4, 0.5) is 0 Å². The van der Waals surface area contributed by atoms with Crippen LogP contribution in [0.1, 0.15) is 10.4 Å². The fourth-order valence-electron chi connectivity index (χ4n) is 1.06. The van der Waals surface area contributed by atoms with Gasteiger partial charge in [0.2, 0.25) is 0 Å². The van der Waals surface area contributed by atoms with E-state index in [2.05, 4.69) is 0 Å². The van der Waals surface area contributed by atoms with E-state index in [4.69, 9.17) is 37.8 Å². The molecule has 0 radical (unpaired) electrons. The van der Waals surface area contributed by atoms with E-state index < -0.39 is 5.97 Å². The summed E-state index contributed by atoms with van der Waals surface area (Å²) >= 11 is 11.7. The van der Waals surface area contributed by atoms with Gasteiger partial charge in [0.25, 0.3) is 0 Å². The van der Waals surface area contributed by atoms with Crippen molar-refractivity contribution < 1.29 is 19.4 Å². The van der Waals surface area contributed by atoms with Gasteiger partial charge in [0.15, 0.2) is 0 Å². The van der Waals surface area contributed by atoms with Gasteiger partial charge in [0.05, 0.1) is 29.3 Å². The first kappa shape index (κ1) is 13.1. The van der Waals surface area contributed by atoms with Crippen LogP contribution in [-0.2, 0) is 4.74 Å². The summed E-state index contributed by atoms with van der Waals surface area (Å²) in [4.78, 5) is 11.5. The monoisotopic (exact) mass is 264 g/mol. The fourth-order valence-corrected chi connectivity index (χ4v) is 1.53. The maximum atomic E-state index is 11.5. The van der Waals surface area contributed by atoms with E-state index >= 15 is 0 Å². The van der Waals surface area contributed by atoms with Crippen molar-refractivity contribution in [2.45, 2.75) is 0 Å². The average molecular weight is 265 g/mol. The van der Waals surface area contributed by atoms with Crippen molar-refractivity contribution in [3.05, 3.63) is 27.7 Å². The van der Waals surface area contributed by atoms with Gasteiger partial charge in [0.1, 0.15) is 12.4 Å². The number of carbonyl (C=O) groups is 1. The second kappa shape index (κ2) is 5.94. The highest BCUT2D eigenvalue weighted by Gasteiger charge is 2.15. The first-order valence-electron chi connectivity index (χ1n) is 4.41. The first-order chi connectivity index (χ1) is 7.60. The number of rotatable bonds is 4. The number of hydrogen-bond donors (Lipinski definition) is 1. The Labute approximate surface area is 103 Å². The zero-order valence-electron chi connectivity index (χ0n) is 8.50. The van der Waals surface area contributed by atoms with Gasteiger partial charge < -0.3 is 14.6 Å². The van der Waals surface area contributed by atoms with E-state index in [1.807, 2.05) is 0 Å². The molecule has 4 nitrogen and oxygen atoms in total. The Bertz CT molecular complexity index is 393. The van der Waals surface area contributed by atoms with E-state index in [0.29, 0.717) is 5.75 Å². The van der Waals surface area contributed by atoms with Crippen molar-refractivity contribution in [1.29, 1.82) is 0 Å². The van der Waals surface area contributed by atoms with Gasteiger partial charge in [-0.1, -0.05) is 23.2 Å². The van der Waals surface area contributed by atoms with Crippen molar-refractivity contribution in [2.75, 3.05) is 20.3 Å². The predicted molar refractivity (Wildman–Crippen MR) is 60.4 cm³/mol. The lowest BCUT2D eigenvalue weighted by Gasteiger charge is -2.08. The van der Waals surface area contributed by atoms with E-state index in [-0.39, 0.29) is 28.8 Å². The molecule has 0 saturated carbocycles. The van der Waals surface area contributed by atoms with Gasteiger partial charge in [-0.05, 0) is 6.07 Å². The third-order valence-electron chi connectivity index (χ3n) is 1.79. The molecule has 0 atom stereocenters. The van der Waals surface area contributed by atoms with Crippen LogP contribution in [0.15, 0.2) is 12.1 Å². The summed E-state index contributed by atoms with van der Waals surface area (Å²) in [7, 11) is 1.45. The number of aliphatic hydroxyl groups is 1. The number of halogens is 2. The molecule has 88 valence electrons. The molecule has 0 bridgehead atoms. The highest BCUT2D eigenvalue weighted by atomic mass is 35.5. The SMILES string of the molecule is COc1cc(Cl)c(C(=O)OCCO)cc1Cl. The third kappa shape index (κ3) is 3.01. The van der Waals surface area contributed by atoms with Gasteiger partial charge in [0, 0.05) is 6.07 Å². The normalized spacial score (nSPS) is 10.0. The van der Waals surface area contributed by atoms with Gasteiger partial charge >= 0.3 is 5.97 Å². The molecule has 0 fully saturated rings. The number of hydrogen-bond acceptors (Lipinski definition) is 4. The number of methoxy groups -OCH3 is 1. The molecule has 1 aromatic carbocycles. The molecule has 1 aromatic rings. The summed E-state index contributed by atoms with van der Waals surface area (Å²) in [6, 6.07) is 2.79. The summed E-state index contributed by atoms with van der Waals surface area (Å²) < 4.78 is 9.65. The van der Waals surface area contributed by atoms with Gasteiger partial charge in [-0.3, -0.25) is 0 Å². The van der Waals surface area contributed by atoms with Crippen LogP contribution in [-0.4, -0.2) is 31.4 Å². The summed E-state index contributed by atoms with van der Waals surface area (Å²) in [5, 5.41) is 8.96. The molecule has 1 N–H and O–H groups in total. The largest absolute Gasteiger partial charge is 0.495 e.